The first-order valence-corrected chi connectivity index (χ1v) is 8.47. The highest BCUT2D eigenvalue weighted by atomic mass is 35.5. The summed E-state index contributed by atoms with van der Waals surface area (Å²) in [5.74, 6) is 4.87. The third-order valence-corrected chi connectivity index (χ3v) is 3.62. The monoisotopic (exact) mass is 432 g/mol. The van der Waals surface area contributed by atoms with Gasteiger partial charge in [-0.3, -0.25) is 20.9 Å². The molecule has 0 fully saturated rings. The molecule has 27 heavy (non-hydrogen) atoms. The first-order chi connectivity index (χ1) is 11.7. The molecule has 2 aromatic carbocycles. The zero-order chi connectivity index (χ0) is 19.0. The zero-order valence-electron chi connectivity index (χ0n) is 15.9. The predicted molar refractivity (Wildman–Crippen MR) is 117 cm³/mol. The summed E-state index contributed by atoms with van der Waals surface area (Å²) in [4.78, 5) is 23.8. The first-order valence-electron chi connectivity index (χ1n) is 8.10. The van der Waals surface area contributed by atoms with Crippen LogP contribution in [0.4, 0.5) is 0 Å². The summed E-state index contributed by atoms with van der Waals surface area (Å²) in [7, 11) is 0. The number of hydrogen-bond donors (Lipinski definition) is 2. The van der Waals surface area contributed by atoms with Gasteiger partial charge in [0.15, 0.2) is 5.78 Å². The Morgan fingerprint density at radius 2 is 1.52 bits per heavy atom. The molecule has 0 amide bonds. The molecule has 0 saturated heterocycles. The minimum atomic E-state index is -0.615. The van der Waals surface area contributed by atoms with Crippen molar-refractivity contribution in [3.8, 4) is 0 Å². The number of carbonyl (C=O) groups is 2. The van der Waals surface area contributed by atoms with Crippen molar-refractivity contribution in [1.29, 1.82) is 0 Å². The quantitative estimate of drug-likeness (QED) is 0.310. The molecule has 0 heterocycles. The van der Waals surface area contributed by atoms with Gasteiger partial charge in [-0.2, -0.15) is 0 Å². The maximum absolute atomic E-state index is 12.4. The van der Waals surface area contributed by atoms with E-state index in [9.17, 15) is 9.59 Å². The number of nitrogens with two attached hydrogens (primary N) is 1. The molecule has 150 valence electrons. The Kier molecular flexibility index (Phi) is 13.2. The molecule has 4 nitrogen and oxygen atoms in total. The van der Waals surface area contributed by atoms with E-state index < -0.39 is 5.24 Å². The van der Waals surface area contributed by atoms with Crippen LogP contribution < -0.4 is 11.3 Å². The van der Waals surface area contributed by atoms with Gasteiger partial charge < -0.3 is 0 Å². The minimum Gasteiger partial charge on any atom is -0.289 e. The SMILES string of the molecule is CC(C)(C)NN.CCc1cccc(C(=O)c2ccccc2C(=O)Cl)c1.Cl.Cl. The van der Waals surface area contributed by atoms with Crippen molar-refractivity contribution >= 4 is 47.4 Å². The summed E-state index contributed by atoms with van der Waals surface area (Å²) in [5, 5.41) is -0.615. The van der Waals surface area contributed by atoms with Gasteiger partial charge in [0.1, 0.15) is 0 Å². The molecule has 0 atom stereocenters. The number of ketones is 1. The molecule has 0 radical (unpaired) electrons. The standard InChI is InChI=1S/C16H13ClO2.C4H12N2.2ClH/c1-2-11-6-5-7-12(10-11)15(18)13-8-3-4-9-14(13)16(17)19;1-4(2,3)6-5;;/h3-10H,2H2,1H3;6H,5H2,1-3H3;2*1H. The molecule has 0 unspecified atom stereocenters. The van der Waals surface area contributed by atoms with Gasteiger partial charge in [0.25, 0.3) is 5.24 Å². The normalized spacial score (nSPS) is 9.85. The Morgan fingerprint density at radius 3 is 1.96 bits per heavy atom. The third kappa shape index (κ3) is 9.36. The van der Waals surface area contributed by atoms with Gasteiger partial charge in [0, 0.05) is 22.2 Å². The number of halogens is 3. The lowest BCUT2D eigenvalue weighted by Gasteiger charge is -2.14. The van der Waals surface area contributed by atoms with Crippen molar-refractivity contribution in [2.75, 3.05) is 0 Å². The Bertz CT molecular complexity index is 744. The molecule has 0 bridgehead atoms. The van der Waals surface area contributed by atoms with Crippen LogP contribution in [-0.2, 0) is 6.42 Å². The molecule has 7 heteroatoms. The van der Waals surface area contributed by atoms with E-state index in [2.05, 4.69) is 5.43 Å². The van der Waals surface area contributed by atoms with Crippen LogP contribution in [0.1, 0.15) is 59.5 Å². The number of benzene rings is 2. The molecular formula is C20H27Cl3N2O2. The topological polar surface area (TPSA) is 72.2 Å². The van der Waals surface area contributed by atoms with E-state index in [0.717, 1.165) is 12.0 Å². The highest BCUT2D eigenvalue weighted by molar-refractivity contribution is 6.68. The maximum atomic E-state index is 12.4. The van der Waals surface area contributed by atoms with Crippen LogP contribution in [0.25, 0.3) is 0 Å². The maximum Gasteiger partial charge on any atom is 0.253 e. The highest BCUT2D eigenvalue weighted by Gasteiger charge is 2.16. The van der Waals surface area contributed by atoms with E-state index in [0.29, 0.717) is 11.1 Å². The zero-order valence-corrected chi connectivity index (χ0v) is 18.3. The van der Waals surface area contributed by atoms with Gasteiger partial charge in [-0.05, 0) is 56.5 Å². The van der Waals surface area contributed by atoms with Crippen LogP contribution in [0.5, 0.6) is 0 Å². The Hall–Kier alpha value is -1.43. The van der Waals surface area contributed by atoms with Crippen molar-refractivity contribution in [2.45, 2.75) is 39.7 Å². The summed E-state index contributed by atoms with van der Waals surface area (Å²) in [6, 6.07) is 14.0. The van der Waals surface area contributed by atoms with Crippen LogP contribution in [0, 0.1) is 0 Å². The Morgan fingerprint density at radius 1 is 1.00 bits per heavy atom. The fraction of sp³-hybridized carbons (Fsp3) is 0.300. The molecule has 0 spiro atoms. The van der Waals surface area contributed by atoms with E-state index in [-0.39, 0.29) is 41.7 Å². The van der Waals surface area contributed by atoms with E-state index in [1.807, 2.05) is 45.9 Å². The average Bonchev–Trinajstić information content (AvgIpc) is 2.61. The molecule has 0 aliphatic rings. The molecule has 2 aromatic rings. The van der Waals surface area contributed by atoms with Crippen molar-refractivity contribution in [3.05, 3.63) is 70.8 Å². The second-order valence-corrected chi connectivity index (χ2v) is 6.94. The van der Waals surface area contributed by atoms with Crippen LogP contribution in [0.3, 0.4) is 0 Å². The average molecular weight is 434 g/mol. The smallest absolute Gasteiger partial charge is 0.253 e. The number of carbonyl (C=O) groups excluding carboxylic acids is 2. The van der Waals surface area contributed by atoms with E-state index in [1.165, 1.54) is 0 Å². The summed E-state index contributed by atoms with van der Waals surface area (Å²) < 4.78 is 0. The van der Waals surface area contributed by atoms with Crippen molar-refractivity contribution in [2.24, 2.45) is 5.84 Å². The Labute approximate surface area is 178 Å². The van der Waals surface area contributed by atoms with Gasteiger partial charge in [0.2, 0.25) is 0 Å². The van der Waals surface area contributed by atoms with Gasteiger partial charge in [0.05, 0.1) is 0 Å². The van der Waals surface area contributed by atoms with Gasteiger partial charge in [-0.1, -0.05) is 43.3 Å². The van der Waals surface area contributed by atoms with Crippen LogP contribution in [0.2, 0.25) is 0 Å². The van der Waals surface area contributed by atoms with Crippen LogP contribution >= 0.6 is 36.4 Å². The number of hydrazine groups is 1. The highest BCUT2D eigenvalue weighted by Crippen LogP contribution is 2.17. The number of rotatable bonds is 4. The van der Waals surface area contributed by atoms with Gasteiger partial charge in [-0.25, -0.2) is 0 Å². The second kappa shape index (κ2) is 12.9. The lowest BCUT2D eigenvalue weighted by atomic mass is 9.97. The molecule has 0 saturated carbocycles. The number of nitrogens with one attached hydrogen (secondary N) is 1. The van der Waals surface area contributed by atoms with Crippen molar-refractivity contribution < 1.29 is 9.59 Å². The van der Waals surface area contributed by atoms with E-state index in [4.69, 9.17) is 17.4 Å². The van der Waals surface area contributed by atoms with Gasteiger partial charge >= 0.3 is 0 Å². The molecule has 0 aliphatic carbocycles. The Balaban J connectivity index is 0. The summed E-state index contributed by atoms with van der Waals surface area (Å²) >= 11 is 5.51. The predicted octanol–water partition coefficient (Wildman–Crippen LogP) is 4.95. The second-order valence-electron chi connectivity index (χ2n) is 6.60. The summed E-state index contributed by atoms with van der Waals surface area (Å²) in [6.07, 6.45) is 0.858. The molecular weight excluding hydrogens is 407 g/mol. The number of aryl methyl sites for hydroxylation is 1. The third-order valence-electron chi connectivity index (χ3n) is 3.41. The fourth-order valence-electron chi connectivity index (χ4n) is 1.94. The van der Waals surface area contributed by atoms with Gasteiger partial charge in [-0.15, -0.1) is 24.8 Å². The van der Waals surface area contributed by atoms with Crippen molar-refractivity contribution in [1.82, 2.24) is 5.43 Å². The lowest BCUT2D eigenvalue weighted by Crippen LogP contribution is -2.41. The first kappa shape index (κ1) is 27.8. The number of hydrogen-bond acceptors (Lipinski definition) is 4. The molecule has 3 N–H and O–H groups in total. The molecule has 0 aromatic heterocycles. The lowest BCUT2D eigenvalue weighted by molar-refractivity contribution is 0.102. The molecule has 2 rings (SSSR count). The van der Waals surface area contributed by atoms with Crippen molar-refractivity contribution in [3.63, 3.8) is 0 Å². The molecule has 0 aliphatic heterocycles. The van der Waals surface area contributed by atoms with Crippen LogP contribution in [0.15, 0.2) is 48.5 Å². The fourth-order valence-corrected chi connectivity index (χ4v) is 2.11. The summed E-state index contributed by atoms with van der Waals surface area (Å²) in [6.45, 7) is 8.05. The van der Waals surface area contributed by atoms with E-state index in [1.54, 1.807) is 30.3 Å². The minimum absolute atomic E-state index is 0. The summed E-state index contributed by atoms with van der Waals surface area (Å²) in [5.41, 5.74) is 4.92. The largest absolute Gasteiger partial charge is 0.289 e. The van der Waals surface area contributed by atoms with Crippen LogP contribution in [-0.4, -0.2) is 16.6 Å². The van der Waals surface area contributed by atoms with E-state index >= 15 is 0 Å².